The van der Waals surface area contributed by atoms with E-state index in [1.54, 1.807) is 0 Å². The molecular weight excluding hydrogens is 281 g/mol. The Labute approximate surface area is 114 Å². The standard InChI is InChI=1S/C11H17F3N2O4/c1-10(2,3)20-16(6-17)7(5-11(12,13)14)8(18)9(19)15-4/h6-7H,5H2,1-4H3,(H,15,19)/t7-/m0/s1. The molecule has 1 atom stereocenters. The van der Waals surface area contributed by atoms with Crippen LogP contribution in [0.1, 0.15) is 27.2 Å². The number of carbonyl (C=O) groups is 3. The van der Waals surface area contributed by atoms with Crippen LogP contribution in [0.5, 0.6) is 0 Å². The van der Waals surface area contributed by atoms with E-state index in [0.717, 1.165) is 7.05 Å². The lowest BCUT2D eigenvalue weighted by Crippen LogP contribution is -2.50. The Morgan fingerprint density at radius 2 is 1.80 bits per heavy atom. The maximum Gasteiger partial charge on any atom is 0.391 e. The Hall–Kier alpha value is -1.64. The second kappa shape index (κ2) is 6.69. The fourth-order valence-electron chi connectivity index (χ4n) is 1.27. The third-order valence-electron chi connectivity index (χ3n) is 1.97. The van der Waals surface area contributed by atoms with Crippen LogP contribution in [0, 0.1) is 0 Å². The minimum absolute atomic E-state index is 0.0531. The molecule has 0 saturated carbocycles. The molecular formula is C11H17F3N2O4. The summed E-state index contributed by atoms with van der Waals surface area (Å²) in [5.74, 6) is -2.63. The van der Waals surface area contributed by atoms with Crippen molar-refractivity contribution in [2.45, 2.75) is 45.0 Å². The molecule has 0 saturated heterocycles. The maximum absolute atomic E-state index is 12.5. The van der Waals surface area contributed by atoms with Gasteiger partial charge in [0.05, 0.1) is 12.0 Å². The molecule has 0 aliphatic heterocycles. The van der Waals surface area contributed by atoms with Gasteiger partial charge in [0.25, 0.3) is 5.91 Å². The normalized spacial score (nSPS) is 13.6. The number of Topliss-reactive ketones (excluding diaryl/α,β-unsaturated/α-hetero) is 1. The van der Waals surface area contributed by atoms with E-state index in [2.05, 4.69) is 0 Å². The van der Waals surface area contributed by atoms with Gasteiger partial charge in [-0.3, -0.25) is 19.2 Å². The summed E-state index contributed by atoms with van der Waals surface area (Å²) in [5, 5.41) is 2.15. The molecule has 0 radical (unpaired) electrons. The van der Waals surface area contributed by atoms with Crippen molar-refractivity contribution in [2.24, 2.45) is 0 Å². The highest BCUT2D eigenvalue weighted by Crippen LogP contribution is 2.25. The van der Waals surface area contributed by atoms with E-state index in [-0.39, 0.29) is 11.5 Å². The van der Waals surface area contributed by atoms with Crippen LogP contribution in [0.15, 0.2) is 0 Å². The number of likely N-dealkylation sites (N-methyl/N-ethyl adjacent to an activating group) is 1. The van der Waals surface area contributed by atoms with E-state index in [4.69, 9.17) is 4.84 Å². The molecule has 6 nitrogen and oxygen atoms in total. The van der Waals surface area contributed by atoms with Gasteiger partial charge in [-0.1, -0.05) is 0 Å². The largest absolute Gasteiger partial charge is 0.391 e. The first-order valence-corrected chi connectivity index (χ1v) is 5.66. The number of nitrogens with zero attached hydrogens (tertiary/aromatic N) is 1. The molecule has 0 unspecified atom stereocenters. The maximum atomic E-state index is 12.5. The number of hydrogen-bond acceptors (Lipinski definition) is 4. The van der Waals surface area contributed by atoms with Gasteiger partial charge in [0.1, 0.15) is 6.04 Å². The van der Waals surface area contributed by atoms with Crippen molar-refractivity contribution >= 4 is 18.1 Å². The number of alkyl halides is 3. The second-order valence-electron chi connectivity index (χ2n) is 4.95. The van der Waals surface area contributed by atoms with Crippen molar-refractivity contribution in [2.75, 3.05) is 7.05 Å². The Balaban J connectivity index is 5.32. The molecule has 0 aliphatic rings. The summed E-state index contributed by atoms with van der Waals surface area (Å²) in [4.78, 5) is 38.7. The van der Waals surface area contributed by atoms with Gasteiger partial charge < -0.3 is 5.32 Å². The molecule has 0 aromatic carbocycles. The number of halogens is 3. The van der Waals surface area contributed by atoms with E-state index < -0.39 is 35.9 Å². The summed E-state index contributed by atoms with van der Waals surface area (Å²) in [6.07, 6.45) is -6.46. The third-order valence-corrected chi connectivity index (χ3v) is 1.97. The van der Waals surface area contributed by atoms with Crippen LogP contribution in [-0.4, -0.2) is 48.0 Å². The SMILES string of the molecule is CNC(=O)C(=O)[C@H](CC(F)(F)F)N(C=O)OC(C)(C)C. The predicted octanol–water partition coefficient (Wildman–Crippen LogP) is 0.811. The highest BCUT2D eigenvalue weighted by molar-refractivity contribution is 6.38. The van der Waals surface area contributed by atoms with Gasteiger partial charge in [-0.05, 0) is 20.8 Å². The van der Waals surface area contributed by atoms with Gasteiger partial charge in [-0.25, -0.2) is 5.06 Å². The first-order chi connectivity index (χ1) is 8.91. The molecule has 0 spiro atoms. The lowest BCUT2D eigenvalue weighted by atomic mass is 10.1. The average molecular weight is 298 g/mol. The van der Waals surface area contributed by atoms with E-state index in [1.807, 2.05) is 5.32 Å². The zero-order valence-corrected chi connectivity index (χ0v) is 11.6. The number of amides is 2. The zero-order chi connectivity index (χ0) is 16.1. The van der Waals surface area contributed by atoms with Gasteiger partial charge in [0.15, 0.2) is 0 Å². The van der Waals surface area contributed by atoms with Gasteiger partial charge in [-0.15, -0.1) is 0 Å². The zero-order valence-electron chi connectivity index (χ0n) is 11.6. The molecule has 0 heterocycles. The summed E-state index contributed by atoms with van der Waals surface area (Å²) in [6.45, 7) is 4.45. The Morgan fingerprint density at radius 3 is 2.10 bits per heavy atom. The van der Waals surface area contributed by atoms with E-state index >= 15 is 0 Å². The summed E-state index contributed by atoms with van der Waals surface area (Å²) in [5.41, 5.74) is -1.01. The minimum Gasteiger partial charge on any atom is -0.353 e. The first-order valence-electron chi connectivity index (χ1n) is 5.66. The van der Waals surface area contributed by atoms with Gasteiger partial charge >= 0.3 is 6.18 Å². The van der Waals surface area contributed by atoms with Crippen LogP contribution in [0.3, 0.4) is 0 Å². The number of nitrogens with one attached hydrogen (secondary N) is 1. The van der Waals surface area contributed by atoms with Crippen molar-refractivity contribution in [3.8, 4) is 0 Å². The van der Waals surface area contributed by atoms with Crippen molar-refractivity contribution in [1.29, 1.82) is 0 Å². The molecule has 0 fully saturated rings. The lowest BCUT2D eigenvalue weighted by molar-refractivity contribution is -0.244. The topological polar surface area (TPSA) is 75.7 Å². The number of hydroxylamine groups is 2. The van der Waals surface area contributed by atoms with Crippen molar-refractivity contribution in [3.05, 3.63) is 0 Å². The summed E-state index contributed by atoms with van der Waals surface area (Å²) in [7, 11) is 1.10. The molecule has 2 amide bonds. The van der Waals surface area contributed by atoms with Crippen molar-refractivity contribution in [3.63, 3.8) is 0 Å². The minimum atomic E-state index is -4.74. The summed E-state index contributed by atoms with van der Waals surface area (Å²) >= 11 is 0. The Kier molecular flexibility index (Phi) is 6.14. The van der Waals surface area contributed by atoms with Crippen molar-refractivity contribution < 1.29 is 32.4 Å². The Bertz CT molecular complexity index is 377. The lowest BCUT2D eigenvalue weighted by Gasteiger charge is -2.32. The quantitative estimate of drug-likeness (QED) is 0.447. The third kappa shape index (κ3) is 6.50. The van der Waals surface area contributed by atoms with Crippen LogP contribution in [0.4, 0.5) is 13.2 Å². The number of carbonyl (C=O) groups excluding carboxylic acids is 3. The summed E-state index contributed by atoms with van der Waals surface area (Å²) in [6, 6.07) is -2.06. The second-order valence-corrected chi connectivity index (χ2v) is 4.95. The van der Waals surface area contributed by atoms with Crippen LogP contribution >= 0.6 is 0 Å². The van der Waals surface area contributed by atoms with Gasteiger partial charge in [0.2, 0.25) is 12.2 Å². The number of hydrogen-bond donors (Lipinski definition) is 1. The molecule has 0 aliphatic carbocycles. The predicted molar refractivity (Wildman–Crippen MR) is 62.3 cm³/mol. The molecule has 0 aromatic rings. The molecule has 1 N–H and O–H groups in total. The van der Waals surface area contributed by atoms with Crippen molar-refractivity contribution in [1.82, 2.24) is 10.4 Å². The van der Waals surface area contributed by atoms with Crippen LogP contribution in [0.25, 0.3) is 0 Å². The number of ketones is 1. The highest BCUT2D eigenvalue weighted by Gasteiger charge is 2.42. The van der Waals surface area contributed by atoms with Crippen LogP contribution in [-0.2, 0) is 19.2 Å². The van der Waals surface area contributed by atoms with Crippen LogP contribution < -0.4 is 5.32 Å². The first kappa shape index (κ1) is 18.4. The fraction of sp³-hybridized carbons (Fsp3) is 0.727. The van der Waals surface area contributed by atoms with E-state index in [1.165, 1.54) is 20.8 Å². The summed E-state index contributed by atoms with van der Waals surface area (Å²) < 4.78 is 37.4. The van der Waals surface area contributed by atoms with E-state index in [9.17, 15) is 27.6 Å². The smallest absolute Gasteiger partial charge is 0.353 e. The molecule has 20 heavy (non-hydrogen) atoms. The Morgan fingerprint density at radius 1 is 1.30 bits per heavy atom. The van der Waals surface area contributed by atoms with E-state index in [0.29, 0.717) is 0 Å². The number of rotatable bonds is 6. The molecule has 0 rings (SSSR count). The highest BCUT2D eigenvalue weighted by atomic mass is 19.4. The molecule has 116 valence electrons. The molecule has 0 aromatic heterocycles. The van der Waals surface area contributed by atoms with Crippen LogP contribution in [0.2, 0.25) is 0 Å². The molecule has 9 heteroatoms. The average Bonchev–Trinajstić information content (AvgIpc) is 2.29. The van der Waals surface area contributed by atoms with Gasteiger partial charge in [0, 0.05) is 7.05 Å². The molecule has 0 bridgehead atoms. The fourth-order valence-corrected chi connectivity index (χ4v) is 1.27. The monoisotopic (exact) mass is 298 g/mol. The van der Waals surface area contributed by atoms with Gasteiger partial charge in [-0.2, -0.15) is 13.2 Å².